The molecule has 16 heavy (non-hydrogen) atoms. The molecule has 0 spiro atoms. The van der Waals surface area contributed by atoms with E-state index in [1.807, 2.05) is 6.92 Å². The number of amides is 1. The molecule has 1 aliphatic rings. The van der Waals surface area contributed by atoms with E-state index in [0.29, 0.717) is 19.4 Å². The zero-order valence-electron chi connectivity index (χ0n) is 9.57. The summed E-state index contributed by atoms with van der Waals surface area (Å²) in [5, 5.41) is 11.7. The predicted molar refractivity (Wildman–Crippen MR) is 58.0 cm³/mol. The molecule has 1 aliphatic carbocycles. The van der Waals surface area contributed by atoms with Gasteiger partial charge in [-0.25, -0.2) is 0 Å². The second kappa shape index (κ2) is 6.48. The van der Waals surface area contributed by atoms with E-state index in [-0.39, 0.29) is 24.5 Å². The maximum atomic E-state index is 11.4. The van der Waals surface area contributed by atoms with E-state index >= 15 is 0 Å². The lowest BCUT2D eigenvalue weighted by Crippen LogP contribution is -2.41. The Kier molecular flexibility index (Phi) is 5.25. The fourth-order valence-electron chi connectivity index (χ4n) is 2.01. The Labute approximate surface area is 95.2 Å². The van der Waals surface area contributed by atoms with Gasteiger partial charge in [-0.1, -0.05) is 6.42 Å². The minimum atomic E-state index is -0.760. The quantitative estimate of drug-likeness (QED) is 0.730. The Bertz CT molecular complexity index is 254. The molecule has 2 N–H and O–H groups in total. The zero-order valence-corrected chi connectivity index (χ0v) is 9.57. The Morgan fingerprint density at radius 2 is 2.19 bits per heavy atom. The molecule has 1 fully saturated rings. The topological polar surface area (TPSA) is 75.6 Å². The molecule has 0 aromatic heterocycles. The van der Waals surface area contributed by atoms with Crippen LogP contribution in [-0.2, 0) is 14.3 Å². The van der Waals surface area contributed by atoms with Gasteiger partial charge < -0.3 is 15.2 Å². The van der Waals surface area contributed by atoms with Gasteiger partial charge in [-0.3, -0.25) is 9.59 Å². The van der Waals surface area contributed by atoms with Crippen LogP contribution in [0, 0.1) is 5.92 Å². The van der Waals surface area contributed by atoms with Crippen molar-refractivity contribution < 1.29 is 19.4 Å². The number of carbonyl (C=O) groups is 2. The molecule has 1 saturated carbocycles. The van der Waals surface area contributed by atoms with E-state index in [4.69, 9.17) is 9.84 Å². The molecule has 5 heteroatoms. The van der Waals surface area contributed by atoms with Crippen LogP contribution in [0.4, 0.5) is 0 Å². The van der Waals surface area contributed by atoms with E-state index in [9.17, 15) is 9.59 Å². The minimum absolute atomic E-state index is 0.0113. The monoisotopic (exact) mass is 229 g/mol. The minimum Gasteiger partial charge on any atom is -0.481 e. The number of hydrogen-bond donors (Lipinski definition) is 2. The van der Waals surface area contributed by atoms with E-state index in [2.05, 4.69) is 5.32 Å². The van der Waals surface area contributed by atoms with Gasteiger partial charge >= 0.3 is 5.97 Å². The van der Waals surface area contributed by atoms with Gasteiger partial charge in [0.05, 0.1) is 5.92 Å². The molecule has 0 aliphatic heterocycles. The first kappa shape index (κ1) is 13.0. The number of ether oxygens (including phenoxy) is 1. The number of aliphatic carboxylic acids is 1. The highest BCUT2D eigenvalue weighted by Gasteiger charge is 2.27. The molecule has 5 nitrogen and oxygen atoms in total. The molecular formula is C11H19NO4. The molecule has 0 heterocycles. The molecule has 2 atom stereocenters. The van der Waals surface area contributed by atoms with E-state index in [1.165, 1.54) is 0 Å². The Hall–Kier alpha value is -1.10. The van der Waals surface area contributed by atoms with Gasteiger partial charge in [0.25, 0.3) is 0 Å². The summed E-state index contributed by atoms with van der Waals surface area (Å²) in [7, 11) is 0. The first-order valence-corrected chi connectivity index (χ1v) is 5.73. The molecule has 2 unspecified atom stereocenters. The summed E-state index contributed by atoms with van der Waals surface area (Å²) in [5.41, 5.74) is 0. The molecule has 1 amide bonds. The number of carboxylic acid groups (broad SMARTS) is 1. The third-order valence-electron chi connectivity index (χ3n) is 2.83. The average Bonchev–Trinajstić information content (AvgIpc) is 2.26. The second-order valence-corrected chi connectivity index (χ2v) is 4.10. The molecular weight excluding hydrogens is 210 g/mol. The summed E-state index contributed by atoms with van der Waals surface area (Å²) >= 11 is 0. The second-order valence-electron chi connectivity index (χ2n) is 4.10. The van der Waals surface area contributed by atoms with Crippen molar-refractivity contribution in [3.63, 3.8) is 0 Å². The number of carbonyl (C=O) groups excluding carboxylic acids is 1. The smallest absolute Gasteiger partial charge is 0.306 e. The van der Waals surface area contributed by atoms with Crippen LogP contribution in [-0.4, -0.2) is 36.2 Å². The van der Waals surface area contributed by atoms with Crippen LogP contribution in [0.1, 0.15) is 32.6 Å². The van der Waals surface area contributed by atoms with Crippen molar-refractivity contribution in [2.45, 2.75) is 38.6 Å². The first-order valence-electron chi connectivity index (χ1n) is 5.73. The van der Waals surface area contributed by atoms with E-state index in [1.54, 1.807) is 0 Å². The molecule has 0 saturated heterocycles. The van der Waals surface area contributed by atoms with Crippen LogP contribution in [0.25, 0.3) is 0 Å². The van der Waals surface area contributed by atoms with Crippen molar-refractivity contribution in [2.24, 2.45) is 5.92 Å². The Balaban J connectivity index is 2.31. The predicted octanol–water partition coefficient (Wildman–Crippen LogP) is 0.782. The van der Waals surface area contributed by atoms with Crippen LogP contribution >= 0.6 is 0 Å². The van der Waals surface area contributed by atoms with Crippen molar-refractivity contribution in [3.8, 4) is 0 Å². The van der Waals surface area contributed by atoms with Gasteiger partial charge in [-0.05, 0) is 26.2 Å². The first-order chi connectivity index (χ1) is 7.63. The summed E-state index contributed by atoms with van der Waals surface area (Å²) in [6, 6.07) is -0.0113. The van der Waals surface area contributed by atoms with Crippen LogP contribution in [0.2, 0.25) is 0 Å². The van der Waals surface area contributed by atoms with Gasteiger partial charge in [0, 0.05) is 12.6 Å². The van der Waals surface area contributed by atoms with Crippen molar-refractivity contribution >= 4 is 11.9 Å². The summed E-state index contributed by atoms with van der Waals surface area (Å²) < 4.78 is 4.98. The maximum Gasteiger partial charge on any atom is 0.306 e. The average molecular weight is 229 g/mol. The highest BCUT2D eigenvalue weighted by molar-refractivity contribution is 5.77. The summed E-state index contributed by atoms with van der Waals surface area (Å²) in [6.45, 7) is 2.40. The standard InChI is InChI=1S/C11H19NO4/c1-2-16-7-10(13)12-9-5-3-4-8(6-9)11(14)15/h8-9H,2-7H2,1H3,(H,12,13)(H,14,15). The summed E-state index contributed by atoms with van der Waals surface area (Å²) in [4.78, 5) is 22.2. The van der Waals surface area contributed by atoms with Crippen LogP contribution in [0.3, 0.4) is 0 Å². The van der Waals surface area contributed by atoms with Gasteiger partial charge in [0.15, 0.2) is 0 Å². The molecule has 0 aromatic carbocycles. The van der Waals surface area contributed by atoms with Crippen LogP contribution in [0.5, 0.6) is 0 Å². The van der Waals surface area contributed by atoms with Crippen LogP contribution < -0.4 is 5.32 Å². The van der Waals surface area contributed by atoms with E-state index < -0.39 is 5.97 Å². The lowest BCUT2D eigenvalue weighted by molar-refractivity contribution is -0.143. The van der Waals surface area contributed by atoms with Gasteiger partial charge in [0.2, 0.25) is 5.91 Å². The highest BCUT2D eigenvalue weighted by atomic mass is 16.5. The van der Waals surface area contributed by atoms with Crippen molar-refractivity contribution in [3.05, 3.63) is 0 Å². The third kappa shape index (κ3) is 4.18. The zero-order chi connectivity index (χ0) is 12.0. The lowest BCUT2D eigenvalue weighted by atomic mass is 9.86. The van der Waals surface area contributed by atoms with Crippen molar-refractivity contribution in [1.29, 1.82) is 0 Å². The maximum absolute atomic E-state index is 11.4. The molecule has 1 rings (SSSR count). The van der Waals surface area contributed by atoms with E-state index in [0.717, 1.165) is 12.8 Å². The van der Waals surface area contributed by atoms with Crippen molar-refractivity contribution in [2.75, 3.05) is 13.2 Å². The fraction of sp³-hybridized carbons (Fsp3) is 0.818. The largest absolute Gasteiger partial charge is 0.481 e. The van der Waals surface area contributed by atoms with Gasteiger partial charge in [-0.2, -0.15) is 0 Å². The number of carboxylic acids is 1. The van der Waals surface area contributed by atoms with Crippen molar-refractivity contribution in [1.82, 2.24) is 5.32 Å². The number of hydrogen-bond acceptors (Lipinski definition) is 3. The summed E-state index contributed by atoms with van der Waals surface area (Å²) in [5.74, 6) is -1.23. The normalized spacial score (nSPS) is 25.1. The van der Waals surface area contributed by atoms with Gasteiger partial charge in [-0.15, -0.1) is 0 Å². The highest BCUT2D eigenvalue weighted by Crippen LogP contribution is 2.24. The van der Waals surface area contributed by atoms with Gasteiger partial charge in [0.1, 0.15) is 6.61 Å². The Morgan fingerprint density at radius 1 is 1.44 bits per heavy atom. The van der Waals surface area contributed by atoms with Crippen LogP contribution in [0.15, 0.2) is 0 Å². The third-order valence-corrected chi connectivity index (χ3v) is 2.83. The molecule has 0 aromatic rings. The number of rotatable bonds is 5. The number of nitrogens with one attached hydrogen (secondary N) is 1. The lowest BCUT2D eigenvalue weighted by Gasteiger charge is -2.27. The SMILES string of the molecule is CCOCC(=O)NC1CCCC(C(=O)O)C1. The molecule has 0 bridgehead atoms. The molecule has 92 valence electrons. The Morgan fingerprint density at radius 3 is 2.81 bits per heavy atom. The summed E-state index contributed by atoms with van der Waals surface area (Å²) in [6.07, 6.45) is 2.97. The fourth-order valence-corrected chi connectivity index (χ4v) is 2.01. The molecule has 0 radical (unpaired) electrons.